The van der Waals surface area contributed by atoms with Crippen molar-refractivity contribution >= 4 is 0 Å². The molecule has 0 aromatic heterocycles. The topological polar surface area (TPSA) is 163 Å². The first kappa shape index (κ1) is 60.7. The Bertz CT molecular complexity index is 1520. The predicted octanol–water partition coefficient (Wildman–Crippen LogP) is 7.02. The first-order chi connectivity index (χ1) is 30.0. The number of aliphatic hydroxyl groups is 3. The fourth-order valence-corrected chi connectivity index (χ4v) is 11.0. The van der Waals surface area contributed by atoms with Crippen molar-refractivity contribution in [2.45, 2.75) is 296 Å². The van der Waals surface area contributed by atoms with Crippen LogP contribution in [-0.2, 0) is 47.4 Å². The van der Waals surface area contributed by atoms with Gasteiger partial charge in [-0.3, -0.25) is 9.80 Å². The zero-order valence-electron chi connectivity index (χ0n) is 46.8. The summed E-state index contributed by atoms with van der Waals surface area (Å²) in [6.45, 7) is 42.6. The van der Waals surface area contributed by atoms with E-state index >= 15 is 0 Å². The quantitative estimate of drug-likeness (QED) is 0.258. The molecule has 0 amide bonds. The van der Waals surface area contributed by atoms with Gasteiger partial charge < -0.3 is 67.6 Å². The van der Waals surface area contributed by atoms with Crippen LogP contribution in [0, 0.1) is 0 Å². The highest BCUT2D eigenvalue weighted by molar-refractivity contribution is 5.04. The second-order valence-electron chi connectivity index (χ2n) is 25.3. The van der Waals surface area contributed by atoms with E-state index in [4.69, 9.17) is 47.4 Å². The summed E-state index contributed by atoms with van der Waals surface area (Å²) in [5.74, 6) is 0. The summed E-state index contributed by atoms with van der Waals surface area (Å²) in [6.07, 6.45) is 0.274. The molecule has 0 aromatic carbocycles. The smallest absolute Gasteiger partial charge is 0.161 e. The van der Waals surface area contributed by atoms with Crippen molar-refractivity contribution < 1.29 is 62.7 Å². The third-order valence-corrected chi connectivity index (χ3v) is 13.1. The lowest BCUT2D eigenvalue weighted by molar-refractivity contribution is -0.293. The molecule has 0 aliphatic carbocycles. The number of aliphatic hydroxyl groups excluding tert-OH is 1. The molecule has 6 aliphatic heterocycles. The Labute approximate surface area is 407 Å². The average molecular weight is 964 g/mol. The van der Waals surface area contributed by atoms with Crippen LogP contribution < -0.4 is 0 Å². The zero-order chi connectivity index (χ0) is 51.8. The van der Waals surface area contributed by atoms with Crippen molar-refractivity contribution in [2.75, 3.05) is 34.9 Å². The number of fused-ring (bicyclic) bond motifs is 2. The van der Waals surface area contributed by atoms with Gasteiger partial charge >= 0.3 is 0 Å². The summed E-state index contributed by atoms with van der Waals surface area (Å²) in [7, 11) is 8.11. The van der Waals surface area contributed by atoms with E-state index in [2.05, 4.69) is 100 Å². The fraction of sp³-hybridized carbons (Fsp3) is 1.00. The maximum atomic E-state index is 10.5. The van der Waals surface area contributed by atoms with Gasteiger partial charge in [-0.2, -0.15) is 0 Å². The molecule has 0 spiro atoms. The van der Waals surface area contributed by atoms with E-state index in [1.165, 1.54) is 0 Å². The molecule has 16 heteroatoms. The molecule has 6 rings (SSSR count). The lowest BCUT2D eigenvalue weighted by atomic mass is 9.85. The van der Waals surface area contributed by atoms with Crippen molar-refractivity contribution in [3.8, 4) is 0 Å². The Hall–Kier alpha value is -0.640. The van der Waals surface area contributed by atoms with Gasteiger partial charge in [-0.1, -0.05) is 0 Å². The van der Waals surface area contributed by atoms with Crippen LogP contribution in [0.1, 0.15) is 171 Å². The third kappa shape index (κ3) is 17.5. The van der Waals surface area contributed by atoms with Gasteiger partial charge in [0.05, 0.1) is 94.1 Å². The van der Waals surface area contributed by atoms with Crippen LogP contribution in [-0.4, -0.2) is 190 Å². The largest absolute Gasteiger partial charge is 0.388 e. The molecule has 6 fully saturated rings. The molecule has 1 unspecified atom stereocenters. The summed E-state index contributed by atoms with van der Waals surface area (Å²) < 4.78 is 58.8. The minimum Gasteiger partial charge on any atom is -0.388 e. The van der Waals surface area contributed by atoms with E-state index in [0.717, 1.165) is 12.8 Å². The first-order valence-corrected chi connectivity index (χ1v) is 24.8. The van der Waals surface area contributed by atoms with Crippen molar-refractivity contribution in [1.29, 1.82) is 0 Å². The molecule has 16 nitrogen and oxygen atoms in total. The molecule has 6 heterocycles. The monoisotopic (exact) mass is 964 g/mol. The Balaban J connectivity index is 0.000000237. The molecule has 0 aromatic rings. The maximum Gasteiger partial charge on any atom is 0.161 e. The van der Waals surface area contributed by atoms with Gasteiger partial charge in [-0.05, 0) is 174 Å². The third-order valence-electron chi connectivity index (χ3n) is 13.1. The highest BCUT2D eigenvalue weighted by atomic mass is 16.7. The molecule has 0 saturated carbocycles. The minimum atomic E-state index is -1.15. The van der Waals surface area contributed by atoms with Crippen LogP contribution in [0.4, 0.5) is 0 Å². The highest BCUT2D eigenvalue weighted by Gasteiger charge is 2.56. The Morgan fingerprint density at radius 1 is 0.522 bits per heavy atom. The summed E-state index contributed by atoms with van der Waals surface area (Å²) in [5.41, 5.74) is -3.22. The molecule has 3 N–H and O–H groups in total. The van der Waals surface area contributed by atoms with Crippen LogP contribution in [0.15, 0.2) is 0 Å². The standard InChI is InChI=1S/C14H27NO3.C13H25NO3.C13H27NO3.C11H22O4/c1-9-12-14(6,17-10(2)15(12)7)8-11(16-9)18-13(3,4)5;1-9-11-13(5,15-8-14(11)6)7-10(16-9)17-12(2,3)4;1-9-11(14(6)7)13(5,15)8-10(16-9)17-12(2,3)4;1-7-9(12)11(5,13)6-8(14-7)15-10(2,3)4/h9-12H,8H2,1-7H3;9-11H,7-8H2,1-6H3;9-11,15H,8H2,1-7H3;7-9,12-13H,6H2,1-5H3/t9-,10?,11-,12+,14-;2*9-,10-,11+,13-;7-,8-,9+,11-/m0000/s1. The second-order valence-corrected chi connectivity index (χ2v) is 25.3. The van der Waals surface area contributed by atoms with Gasteiger partial charge in [0.2, 0.25) is 0 Å². The number of likely N-dealkylation sites (N-methyl/N-ethyl adjacent to an activating group) is 3. The van der Waals surface area contributed by atoms with Crippen molar-refractivity contribution in [3.05, 3.63) is 0 Å². The van der Waals surface area contributed by atoms with E-state index < -0.39 is 29.7 Å². The SMILES string of the molecule is CC1O[C@@]2(C)C[C@H](OC(C)(C)C)O[C@@H](C)[C@H]2N1C.C[C@@H]1O[C@@H](OC(C)(C)C)C[C@](C)(O)[C@@H]1N(C)C.C[C@@H]1O[C@@H](OC(C)(C)C)C[C@](C)(O)[C@@H]1O.C[C@@H]1O[C@@H](OC(C)(C)C)C[C@]2(C)OCN(C)[C@H]12. The van der Waals surface area contributed by atoms with E-state index in [-0.39, 0.29) is 89.5 Å². The van der Waals surface area contributed by atoms with Crippen molar-refractivity contribution in [3.63, 3.8) is 0 Å². The minimum absolute atomic E-state index is 0.0117. The van der Waals surface area contributed by atoms with Crippen molar-refractivity contribution in [1.82, 2.24) is 14.7 Å². The van der Waals surface area contributed by atoms with Crippen LogP contribution >= 0.6 is 0 Å². The van der Waals surface area contributed by atoms with E-state index in [0.29, 0.717) is 25.2 Å². The molecule has 67 heavy (non-hydrogen) atoms. The van der Waals surface area contributed by atoms with Gasteiger partial charge in [0.1, 0.15) is 12.3 Å². The molecular weight excluding hydrogens is 863 g/mol. The van der Waals surface area contributed by atoms with Gasteiger partial charge in [0, 0.05) is 25.7 Å². The molecular formula is C51H101N3O13. The Morgan fingerprint density at radius 2 is 0.881 bits per heavy atom. The number of nitrogens with zero attached hydrogens (tertiary/aromatic N) is 3. The average Bonchev–Trinajstić information content (AvgIpc) is 3.49. The van der Waals surface area contributed by atoms with Crippen LogP contribution in [0.5, 0.6) is 0 Å². The lowest BCUT2D eigenvalue weighted by Crippen LogP contribution is -2.61. The number of ether oxygens (including phenoxy) is 10. The fourth-order valence-electron chi connectivity index (χ4n) is 11.0. The summed E-state index contributed by atoms with van der Waals surface area (Å²) in [4.78, 5) is 6.49. The molecule has 0 radical (unpaired) electrons. The van der Waals surface area contributed by atoms with Gasteiger partial charge in [0.25, 0.3) is 0 Å². The summed E-state index contributed by atoms with van der Waals surface area (Å²) in [6, 6.07) is 0.608. The van der Waals surface area contributed by atoms with E-state index in [9.17, 15) is 15.3 Å². The molecule has 6 aliphatic rings. The second kappa shape index (κ2) is 22.2. The highest BCUT2D eigenvalue weighted by Crippen LogP contribution is 2.43. The molecule has 398 valence electrons. The normalized spacial score (nSPS) is 43.2. The van der Waals surface area contributed by atoms with Crippen LogP contribution in [0.3, 0.4) is 0 Å². The van der Waals surface area contributed by atoms with E-state index in [1.807, 2.05) is 74.4 Å². The van der Waals surface area contributed by atoms with Crippen molar-refractivity contribution in [2.24, 2.45) is 0 Å². The number of rotatable bonds is 5. The molecule has 17 atom stereocenters. The van der Waals surface area contributed by atoms with E-state index in [1.54, 1.807) is 13.8 Å². The summed E-state index contributed by atoms with van der Waals surface area (Å²) >= 11 is 0. The summed E-state index contributed by atoms with van der Waals surface area (Å²) in [5, 5.41) is 30.2. The van der Waals surface area contributed by atoms with Gasteiger partial charge in [-0.25, -0.2) is 0 Å². The zero-order valence-corrected chi connectivity index (χ0v) is 46.8. The number of hydrogen-bond donors (Lipinski definition) is 3. The molecule has 0 bridgehead atoms. The van der Waals surface area contributed by atoms with Gasteiger partial charge in [0.15, 0.2) is 25.2 Å². The lowest BCUT2D eigenvalue weighted by Gasteiger charge is -2.48. The molecule has 6 saturated heterocycles. The van der Waals surface area contributed by atoms with Crippen LogP contribution in [0.25, 0.3) is 0 Å². The Kier molecular flexibility index (Phi) is 20.1. The number of hydrogen-bond acceptors (Lipinski definition) is 16. The first-order valence-electron chi connectivity index (χ1n) is 24.8. The predicted molar refractivity (Wildman–Crippen MR) is 260 cm³/mol. The maximum absolute atomic E-state index is 10.5. The van der Waals surface area contributed by atoms with Gasteiger partial charge in [-0.15, -0.1) is 0 Å². The Morgan fingerprint density at radius 3 is 1.27 bits per heavy atom. The van der Waals surface area contributed by atoms with Crippen LogP contribution in [0.2, 0.25) is 0 Å².